The average molecular weight is 154 g/mol. The third-order valence-corrected chi connectivity index (χ3v) is 1.85. The van der Waals surface area contributed by atoms with Crippen LogP contribution in [0.2, 0.25) is 0 Å². The quantitative estimate of drug-likeness (QED) is 0.506. The molecule has 0 saturated heterocycles. The molecule has 0 spiro atoms. The van der Waals surface area contributed by atoms with E-state index in [0.717, 1.165) is 4.90 Å². The van der Waals surface area contributed by atoms with Crippen LogP contribution in [0.5, 0.6) is 0 Å². The predicted octanol–water partition coefficient (Wildman–Crippen LogP) is -0.740. The molecule has 0 radical (unpaired) electrons. The summed E-state index contributed by atoms with van der Waals surface area (Å²) in [5, 5.41) is 0. The zero-order chi connectivity index (χ0) is 8.59. The maximum atomic E-state index is 11.1. The third-order valence-electron chi connectivity index (χ3n) is 1.85. The number of imide groups is 1. The molecule has 0 fully saturated rings. The van der Waals surface area contributed by atoms with Gasteiger partial charge in [-0.25, -0.2) is 0 Å². The molecule has 0 bridgehead atoms. The lowest BCUT2D eigenvalue weighted by Gasteiger charge is -2.04. The molecule has 0 aromatic rings. The van der Waals surface area contributed by atoms with Crippen molar-refractivity contribution in [1.82, 2.24) is 4.90 Å². The number of amides is 2. The van der Waals surface area contributed by atoms with Gasteiger partial charge in [0.05, 0.1) is 0 Å². The predicted molar refractivity (Wildman–Crippen MR) is 39.5 cm³/mol. The Bertz CT molecular complexity index is 255. The number of nitrogens with zero attached hydrogens (tertiary/aromatic N) is 1. The molecule has 0 aromatic carbocycles. The lowest BCUT2D eigenvalue weighted by Crippen LogP contribution is -2.27. The van der Waals surface area contributed by atoms with Crippen LogP contribution in [0.15, 0.2) is 11.1 Å². The highest BCUT2D eigenvalue weighted by Crippen LogP contribution is 2.16. The Labute approximate surface area is 64.7 Å². The number of hydrogen-bond acceptors (Lipinski definition) is 3. The zero-order valence-corrected chi connectivity index (χ0v) is 6.55. The Morgan fingerprint density at radius 2 is 1.91 bits per heavy atom. The molecule has 4 heteroatoms. The number of carbonyl (C=O) groups is 2. The van der Waals surface area contributed by atoms with Gasteiger partial charge in [0.1, 0.15) is 0 Å². The minimum Gasteiger partial charge on any atom is -0.326 e. The average Bonchev–Trinajstić information content (AvgIpc) is 2.17. The summed E-state index contributed by atoms with van der Waals surface area (Å²) in [6, 6.07) is 0. The minimum absolute atomic E-state index is 0.140. The van der Waals surface area contributed by atoms with Crippen LogP contribution in [0.25, 0.3) is 0 Å². The zero-order valence-electron chi connectivity index (χ0n) is 6.55. The molecular formula is C7H10N2O2. The summed E-state index contributed by atoms with van der Waals surface area (Å²) < 4.78 is 0. The lowest BCUT2D eigenvalue weighted by molar-refractivity contribution is -0.135. The van der Waals surface area contributed by atoms with E-state index in [9.17, 15) is 9.59 Å². The summed E-state index contributed by atoms with van der Waals surface area (Å²) in [5.74, 6) is -0.509. The van der Waals surface area contributed by atoms with Gasteiger partial charge in [-0.1, -0.05) is 0 Å². The van der Waals surface area contributed by atoms with Crippen molar-refractivity contribution in [3.8, 4) is 0 Å². The van der Waals surface area contributed by atoms with Crippen molar-refractivity contribution in [1.29, 1.82) is 0 Å². The highest BCUT2D eigenvalue weighted by atomic mass is 16.2. The first-order valence-electron chi connectivity index (χ1n) is 3.31. The van der Waals surface area contributed by atoms with Crippen molar-refractivity contribution >= 4 is 11.8 Å². The van der Waals surface area contributed by atoms with Crippen LogP contribution >= 0.6 is 0 Å². The largest absolute Gasteiger partial charge is 0.326 e. The third kappa shape index (κ3) is 0.952. The highest BCUT2D eigenvalue weighted by Gasteiger charge is 2.31. The van der Waals surface area contributed by atoms with Gasteiger partial charge in [-0.05, 0) is 6.92 Å². The number of nitrogens with two attached hydrogens (primary N) is 1. The van der Waals surface area contributed by atoms with Gasteiger partial charge in [0.25, 0.3) is 11.8 Å². The van der Waals surface area contributed by atoms with Crippen molar-refractivity contribution in [2.75, 3.05) is 13.6 Å². The van der Waals surface area contributed by atoms with Crippen LogP contribution in [0.3, 0.4) is 0 Å². The molecule has 60 valence electrons. The van der Waals surface area contributed by atoms with E-state index in [1.54, 1.807) is 6.92 Å². The van der Waals surface area contributed by atoms with Gasteiger partial charge >= 0.3 is 0 Å². The first-order valence-corrected chi connectivity index (χ1v) is 3.31. The molecule has 0 aromatic heterocycles. The van der Waals surface area contributed by atoms with Crippen LogP contribution in [0.4, 0.5) is 0 Å². The monoisotopic (exact) mass is 154 g/mol. The van der Waals surface area contributed by atoms with Gasteiger partial charge < -0.3 is 5.73 Å². The van der Waals surface area contributed by atoms with Gasteiger partial charge in [-0.15, -0.1) is 0 Å². The van der Waals surface area contributed by atoms with Crippen molar-refractivity contribution in [2.24, 2.45) is 5.73 Å². The maximum Gasteiger partial charge on any atom is 0.258 e. The van der Waals surface area contributed by atoms with Crippen LogP contribution in [0, 0.1) is 0 Å². The lowest BCUT2D eigenvalue weighted by atomic mass is 10.2. The first kappa shape index (κ1) is 7.94. The number of hydrogen-bond donors (Lipinski definition) is 1. The molecule has 1 heterocycles. The van der Waals surface area contributed by atoms with Crippen molar-refractivity contribution in [3.05, 3.63) is 11.1 Å². The van der Waals surface area contributed by atoms with Gasteiger partial charge in [0.2, 0.25) is 0 Å². The number of rotatable bonds is 1. The van der Waals surface area contributed by atoms with Crippen molar-refractivity contribution in [2.45, 2.75) is 6.92 Å². The summed E-state index contributed by atoms with van der Waals surface area (Å²) in [7, 11) is 1.46. The summed E-state index contributed by atoms with van der Waals surface area (Å²) >= 11 is 0. The van der Waals surface area contributed by atoms with E-state index in [0.29, 0.717) is 11.1 Å². The van der Waals surface area contributed by atoms with E-state index in [2.05, 4.69) is 0 Å². The Balaban J connectivity index is 3.08. The van der Waals surface area contributed by atoms with Gasteiger partial charge in [-0.2, -0.15) is 0 Å². The molecule has 0 saturated carbocycles. The summed E-state index contributed by atoms with van der Waals surface area (Å²) in [5.41, 5.74) is 6.18. The normalized spacial score (nSPS) is 18.6. The standard InChI is InChI=1S/C7H10N2O2/c1-4-5(3-8)7(11)9(2)6(4)10/h3,8H2,1-2H3. The Hall–Kier alpha value is -1.16. The van der Waals surface area contributed by atoms with Crippen molar-refractivity contribution in [3.63, 3.8) is 0 Å². The fourth-order valence-electron chi connectivity index (χ4n) is 1.08. The molecular weight excluding hydrogens is 144 g/mol. The van der Waals surface area contributed by atoms with Gasteiger partial charge in [-0.3, -0.25) is 14.5 Å². The van der Waals surface area contributed by atoms with Crippen molar-refractivity contribution < 1.29 is 9.59 Å². The van der Waals surface area contributed by atoms with E-state index in [1.165, 1.54) is 7.05 Å². The molecule has 1 aliphatic heterocycles. The summed E-state index contributed by atoms with van der Waals surface area (Å²) in [6.45, 7) is 1.76. The number of carbonyl (C=O) groups excluding carboxylic acids is 2. The second kappa shape index (κ2) is 2.47. The Morgan fingerprint density at radius 3 is 2.09 bits per heavy atom. The maximum absolute atomic E-state index is 11.1. The molecule has 1 aliphatic rings. The van der Waals surface area contributed by atoms with Gasteiger partial charge in [0, 0.05) is 24.7 Å². The second-order valence-corrected chi connectivity index (χ2v) is 2.48. The van der Waals surface area contributed by atoms with E-state index in [-0.39, 0.29) is 18.4 Å². The van der Waals surface area contributed by atoms with Crippen LogP contribution in [-0.2, 0) is 9.59 Å². The minimum atomic E-state index is -0.269. The topological polar surface area (TPSA) is 63.4 Å². The molecule has 0 aliphatic carbocycles. The molecule has 1 rings (SSSR count). The van der Waals surface area contributed by atoms with E-state index in [1.807, 2.05) is 0 Å². The molecule has 11 heavy (non-hydrogen) atoms. The Morgan fingerprint density at radius 1 is 1.36 bits per heavy atom. The van der Waals surface area contributed by atoms with Crippen LogP contribution < -0.4 is 5.73 Å². The summed E-state index contributed by atoms with van der Waals surface area (Å²) in [6.07, 6.45) is 0. The fraction of sp³-hybridized carbons (Fsp3) is 0.429. The van der Waals surface area contributed by atoms with Crippen LogP contribution in [-0.4, -0.2) is 30.3 Å². The van der Waals surface area contributed by atoms with Crippen LogP contribution in [0.1, 0.15) is 6.92 Å². The molecule has 0 atom stereocenters. The van der Waals surface area contributed by atoms with Gasteiger partial charge in [0.15, 0.2) is 0 Å². The van der Waals surface area contributed by atoms with E-state index < -0.39 is 0 Å². The molecule has 0 unspecified atom stereocenters. The van der Waals surface area contributed by atoms with E-state index >= 15 is 0 Å². The molecule has 4 nitrogen and oxygen atoms in total. The smallest absolute Gasteiger partial charge is 0.258 e. The fourth-order valence-corrected chi connectivity index (χ4v) is 1.08. The Kier molecular flexibility index (Phi) is 1.78. The molecule has 2 amide bonds. The highest BCUT2D eigenvalue weighted by molar-refractivity contribution is 6.18. The second-order valence-electron chi connectivity index (χ2n) is 2.48. The summed E-state index contributed by atoms with van der Waals surface area (Å²) in [4.78, 5) is 23.3. The first-order chi connectivity index (χ1) is 5.09. The number of likely N-dealkylation sites (N-methyl/N-ethyl adjacent to an activating group) is 1. The SMILES string of the molecule is CC1=C(CN)C(=O)N(C)C1=O. The van der Waals surface area contributed by atoms with E-state index in [4.69, 9.17) is 5.73 Å². The molecule has 2 N–H and O–H groups in total.